The molecule has 42 heavy (non-hydrogen) atoms. The molecular weight excluding hydrogens is 560 g/mol. The smallest absolute Gasteiger partial charge is 0.339 e. The summed E-state index contributed by atoms with van der Waals surface area (Å²) in [6.45, 7) is 3.45. The summed E-state index contributed by atoms with van der Waals surface area (Å²) in [4.78, 5) is 21.4. The van der Waals surface area contributed by atoms with Crippen molar-refractivity contribution in [1.29, 1.82) is 0 Å². The molecule has 0 saturated carbocycles. The highest BCUT2D eigenvalue weighted by atomic mass is 32.2. The third kappa shape index (κ3) is 5.57. The van der Waals surface area contributed by atoms with Crippen molar-refractivity contribution >= 4 is 33.3 Å². The number of aromatic nitrogens is 4. The Morgan fingerprint density at radius 1 is 1.07 bits per heavy atom. The third-order valence-electron chi connectivity index (χ3n) is 7.55. The molecule has 218 valence electrons. The summed E-state index contributed by atoms with van der Waals surface area (Å²) in [6.07, 6.45) is 2.39. The quantitative estimate of drug-likeness (QED) is 0.251. The Bertz CT molecular complexity index is 1730. The van der Waals surface area contributed by atoms with Crippen LogP contribution in [0.3, 0.4) is 0 Å². The molecule has 13 heteroatoms. The van der Waals surface area contributed by atoms with Crippen LogP contribution in [0.15, 0.2) is 59.1 Å². The van der Waals surface area contributed by atoms with E-state index in [1.54, 1.807) is 18.3 Å². The van der Waals surface area contributed by atoms with Gasteiger partial charge in [0.15, 0.2) is 0 Å². The Morgan fingerprint density at radius 3 is 2.57 bits per heavy atom. The number of aliphatic hydroxyl groups excluding tert-OH is 1. The average molecular weight is 591 g/mol. The largest absolute Gasteiger partial charge is 0.451 e. The molecule has 2 aliphatic heterocycles. The predicted octanol–water partition coefficient (Wildman–Crippen LogP) is 4.11. The molecule has 0 unspecified atom stereocenters. The van der Waals surface area contributed by atoms with Crippen LogP contribution in [-0.4, -0.2) is 57.8 Å². The van der Waals surface area contributed by atoms with E-state index < -0.39 is 21.5 Å². The second-order valence-electron chi connectivity index (χ2n) is 10.9. The number of cyclic esters (lactones) is 1. The Kier molecular flexibility index (Phi) is 7.15. The van der Waals surface area contributed by atoms with Gasteiger partial charge in [-0.05, 0) is 50.5 Å². The standard InChI is InChI=1S/C29H30N6O6S/c1-29(2)22-14-19(8-9-20(22)27(37)41-29)31-28-30-15-21(24(33-28)32-23(16-36)17-6-4-3-5-7-17)26-35-34-25(40-26)18-10-12-42(38,39)13-11-18/h3-9,14-15,18,23,36H,10-13,16H2,1-2H3,(H2,30,31,32,33)/t23-/m1/s1. The van der Waals surface area contributed by atoms with E-state index in [4.69, 9.17) is 14.1 Å². The van der Waals surface area contributed by atoms with Gasteiger partial charge in [0.1, 0.15) is 21.3 Å². The number of esters is 1. The van der Waals surface area contributed by atoms with Crippen molar-refractivity contribution in [2.24, 2.45) is 0 Å². The third-order valence-corrected chi connectivity index (χ3v) is 9.27. The maximum Gasteiger partial charge on any atom is 0.339 e. The zero-order valence-electron chi connectivity index (χ0n) is 23.1. The van der Waals surface area contributed by atoms with Gasteiger partial charge in [0.2, 0.25) is 11.8 Å². The van der Waals surface area contributed by atoms with Gasteiger partial charge >= 0.3 is 5.97 Å². The number of hydrogen-bond acceptors (Lipinski definition) is 12. The van der Waals surface area contributed by atoms with Crippen molar-refractivity contribution in [3.63, 3.8) is 0 Å². The van der Waals surface area contributed by atoms with Crippen LogP contribution in [-0.2, 0) is 20.2 Å². The molecule has 0 amide bonds. The number of aliphatic hydroxyl groups is 1. The molecule has 0 spiro atoms. The number of carbonyl (C=O) groups excluding carboxylic acids is 1. The van der Waals surface area contributed by atoms with Crippen molar-refractivity contribution in [3.05, 3.63) is 77.3 Å². The molecule has 1 fully saturated rings. The first-order valence-corrected chi connectivity index (χ1v) is 15.4. The van der Waals surface area contributed by atoms with Gasteiger partial charge in [0, 0.05) is 23.4 Å². The number of ether oxygens (including phenoxy) is 1. The highest BCUT2D eigenvalue weighted by Crippen LogP contribution is 2.38. The number of fused-ring (bicyclic) bond motifs is 1. The molecule has 12 nitrogen and oxygen atoms in total. The van der Waals surface area contributed by atoms with Gasteiger partial charge in [-0.25, -0.2) is 18.2 Å². The van der Waals surface area contributed by atoms with Crippen LogP contribution in [0.25, 0.3) is 11.5 Å². The predicted molar refractivity (Wildman–Crippen MR) is 154 cm³/mol. The van der Waals surface area contributed by atoms with E-state index in [-0.39, 0.29) is 41.8 Å². The zero-order valence-corrected chi connectivity index (χ0v) is 23.9. The molecule has 0 radical (unpaired) electrons. The fourth-order valence-corrected chi connectivity index (χ4v) is 6.70. The van der Waals surface area contributed by atoms with Gasteiger partial charge in [-0.3, -0.25) is 0 Å². The van der Waals surface area contributed by atoms with Crippen LogP contribution in [0, 0.1) is 0 Å². The first kappa shape index (κ1) is 27.8. The number of hydrogen-bond donors (Lipinski definition) is 3. The number of sulfone groups is 1. The molecule has 1 atom stereocenters. The number of rotatable bonds is 8. The summed E-state index contributed by atoms with van der Waals surface area (Å²) < 4.78 is 35.2. The van der Waals surface area contributed by atoms with Gasteiger partial charge in [0.25, 0.3) is 5.89 Å². The van der Waals surface area contributed by atoms with E-state index in [0.29, 0.717) is 41.4 Å². The number of benzene rings is 2. The van der Waals surface area contributed by atoms with Crippen molar-refractivity contribution in [1.82, 2.24) is 20.2 Å². The van der Waals surface area contributed by atoms with Crippen molar-refractivity contribution < 1.29 is 27.5 Å². The first-order valence-electron chi connectivity index (χ1n) is 13.6. The molecule has 2 aliphatic rings. The van der Waals surface area contributed by atoms with Gasteiger partial charge in [-0.15, -0.1) is 10.2 Å². The molecule has 6 rings (SSSR count). The Morgan fingerprint density at radius 2 is 1.83 bits per heavy atom. The molecule has 4 heterocycles. The van der Waals surface area contributed by atoms with E-state index in [2.05, 4.69) is 25.8 Å². The lowest BCUT2D eigenvalue weighted by molar-refractivity contribution is 0.00954. The number of nitrogens with zero attached hydrogens (tertiary/aromatic N) is 4. The molecule has 2 aromatic heterocycles. The number of carbonyl (C=O) groups is 1. The Hall–Kier alpha value is -4.36. The van der Waals surface area contributed by atoms with Crippen LogP contribution >= 0.6 is 0 Å². The normalized spacial score (nSPS) is 18.2. The van der Waals surface area contributed by atoms with Crippen molar-refractivity contribution in [3.8, 4) is 11.5 Å². The Balaban J connectivity index is 1.33. The van der Waals surface area contributed by atoms with Crippen LogP contribution < -0.4 is 10.6 Å². The minimum absolute atomic E-state index is 0.0844. The molecule has 0 bridgehead atoms. The number of nitrogens with one attached hydrogen (secondary N) is 2. The second kappa shape index (κ2) is 10.8. The first-order chi connectivity index (χ1) is 20.1. The molecule has 0 aliphatic carbocycles. The summed E-state index contributed by atoms with van der Waals surface area (Å²) in [6, 6.07) is 14.2. The topological polar surface area (TPSA) is 169 Å². The lowest BCUT2D eigenvalue weighted by Crippen LogP contribution is -2.22. The van der Waals surface area contributed by atoms with E-state index in [1.807, 2.05) is 50.2 Å². The van der Waals surface area contributed by atoms with E-state index >= 15 is 0 Å². The minimum Gasteiger partial charge on any atom is -0.451 e. The fourth-order valence-electron chi connectivity index (χ4n) is 5.21. The van der Waals surface area contributed by atoms with Gasteiger partial charge in [-0.2, -0.15) is 4.98 Å². The highest BCUT2D eigenvalue weighted by molar-refractivity contribution is 7.91. The summed E-state index contributed by atoms with van der Waals surface area (Å²) in [5.74, 6) is 0.797. The van der Waals surface area contributed by atoms with Crippen LogP contribution in [0.2, 0.25) is 0 Å². The van der Waals surface area contributed by atoms with Crippen LogP contribution in [0.5, 0.6) is 0 Å². The molecule has 1 saturated heterocycles. The summed E-state index contributed by atoms with van der Waals surface area (Å²) >= 11 is 0. The van der Waals surface area contributed by atoms with Crippen molar-refractivity contribution in [2.45, 2.75) is 44.2 Å². The lowest BCUT2D eigenvalue weighted by Gasteiger charge is -2.20. The molecule has 2 aromatic carbocycles. The van der Waals surface area contributed by atoms with Gasteiger partial charge in [-0.1, -0.05) is 30.3 Å². The van der Waals surface area contributed by atoms with E-state index in [1.165, 1.54) is 0 Å². The zero-order chi connectivity index (χ0) is 29.5. The fraction of sp³-hybridized carbons (Fsp3) is 0.345. The van der Waals surface area contributed by atoms with E-state index in [0.717, 1.165) is 11.1 Å². The average Bonchev–Trinajstić information content (AvgIpc) is 3.54. The molecule has 4 aromatic rings. The minimum atomic E-state index is -3.04. The van der Waals surface area contributed by atoms with Crippen molar-refractivity contribution in [2.75, 3.05) is 28.7 Å². The maximum atomic E-state index is 12.2. The number of anilines is 3. The van der Waals surface area contributed by atoms with Crippen LogP contribution in [0.1, 0.15) is 66.0 Å². The van der Waals surface area contributed by atoms with Gasteiger partial charge in [0.05, 0.1) is 35.3 Å². The monoisotopic (exact) mass is 590 g/mol. The SMILES string of the molecule is CC1(C)OC(=O)c2ccc(Nc3ncc(-c4nnc(C5CCS(=O)(=O)CC5)o4)c(N[C@H](CO)c4ccccc4)n3)cc21. The summed E-state index contributed by atoms with van der Waals surface area (Å²) in [7, 11) is -3.04. The lowest BCUT2D eigenvalue weighted by atomic mass is 9.95. The van der Waals surface area contributed by atoms with E-state index in [9.17, 15) is 18.3 Å². The molecule has 3 N–H and O–H groups in total. The summed E-state index contributed by atoms with van der Waals surface area (Å²) in [5, 5.41) is 25.1. The second-order valence-corrected chi connectivity index (χ2v) is 13.2. The van der Waals surface area contributed by atoms with Crippen LogP contribution in [0.4, 0.5) is 17.5 Å². The summed E-state index contributed by atoms with van der Waals surface area (Å²) in [5.41, 5.74) is 2.44. The highest BCUT2D eigenvalue weighted by Gasteiger charge is 2.37. The maximum absolute atomic E-state index is 12.2. The Labute approximate surface area is 242 Å². The molecular formula is C29H30N6O6S. The van der Waals surface area contributed by atoms with Gasteiger partial charge < -0.3 is 24.9 Å².